The van der Waals surface area contributed by atoms with Crippen LogP contribution in [0, 0.1) is 0 Å². The molecule has 5 nitrogen and oxygen atoms in total. The number of likely N-dealkylation sites (tertiary alicyclic amines) is 1. The molecule has 0 aromatic heterocycles. The molecule has 0 aliphatic carbocycles. The largest absolute Gasteiger partial charge is 0.491 e. The number of nitrogens with zero attached hydrogens (tertiary/aromatic N) is 1. The maximum Gasteiger partial charge on any atom is 0.221 e. The van der Waals surface area contributed by atoms with E-state index in [-0.39, 0.29) is 5.91 Å². The smallest absolute Gasteiger partial charge is 0.221 e. The molecular weight excluding hydrogens is 328 g/mol. The molecule has 26 heavy (non-hydrogen) atoms. The number of carbonyl (C=O) groups is 1. The number of ether oxygens (including phenoxy) is 1. The Morgan fingerprint density at radius 2 is 1.92 bits per heavy atom. The van der Waals surface area contributed by atoms with Gasteiger partial charge in [0.1, 0.15) is 18.0 Å². The Morgan fingerprint density at radius 1 is 1.19 bits per heavy atom. The second-order valence-electron chi connectivity index (χ2n) is 7.02. The van der Waals surface area contributed by atoms with Crippen LogP contribution in [-0.2, 0) is 11.3 Å². The van der Waals surface area contributed by atoms with Crippen LogP contribution in [0.4, 0.5) is 5.69 Å². The van der Waals surface area contributed by atoms with Crippen LogP contribution in [0.25, 0.3) is 0 Å². The standard InChI is InChI=1S/C21H26N2O3/c1-17(24)22-19-10-8-18(9-11-19)14-23-13-5-12-21(25,15-23)16-26-20-6-3-2-4-7-20/h2-4,6-11,25H,5,12-16H2,1H3,(H,22,24). The number of aliphatic hydroxyl groups is 1. The number of benzene rings is 2. The predicted molar refractivity (Wildman–Crippen MR) is 102 cm³/mol. The molecule has 1 unspecified atom stereocenters. The molecular formula is C21H26N2O3. The molecule has 0 saturated carbocycles. The normalized spacial score (nSPS) is 20.5. The van der Waals surface area contributed by atoms with Crippen molar-refractivity contribution in [2.24, 2.45) is 0 Å². The molecule has 1 atom stereocenters. The van der Waals surface area contributed by atoms with Gasteiger partial charge in [-0.3, -0.25) is 9.69 Å². The number of para-hydroxylation sites is 1. The van der Waals surface area contributed by atoms with Gasteiger partial charge in [-0.2, -0.15) is 0 Å². The number of nitrogens with one attached hydrogen (secondary N) is 1. The highest BCUT2D eigenvalue weighted by atomic mass is 16.5. The number of β-amino-alcohol motifs (C(OH)–C–C–N with tert-alkyl or cyclic N) is 1. The highest BCUT2D eigenvalue weighted by Gasteiger charge is 2.34. The lowest BCUT2D eigenvalue weighted by Crippen LogP contribution is -2.51. The molecule has 2 N–H and O–H groups in total. The molecule has 1 aliphatic rings. The van der Waals surface area contributed by atoms with Gasteiger partial charge in [0.2, 0.25) is 5.91 Å². The summed E-state index contributed by atoms with van der Waals surface area (Å²) in [7, 11) is 0. The van der Waals surface area contributed by atoms with Crippen LogP contribution in [0.5, 0.6) is 5.75 Å². The lowest BCUT2D eigenvalue weighted by Gasteiger charge is -2.39. The van der Waals surface area contributed by atoms with E-state index in [2.05, 4.69) is 10.2 Å². The summed E-state index contributed by atoms with van der Waals surface area (Å²) < 4.78 is 5.78. The van der Waals surface area contributed by atoms with Gasteiger partial charge in [0.05, 0.1) is 0 Å². The summed E-state index contributed by atoms with van der Waals surface area (Å²) in [6.07, 6.45) is 1.69. The first-order valence-electron chi connectivity index (χ1n) is 9.02. The summed E-state index contributed by atoms with van der Waals surface area (Å²) in [5.74, 6) is 0.712. The van der Waals surface area contributed by atoms with Crippen molar-refractivity contribution in [3.8, 4) is 5.75 Å². The van der Waals surface area contributed by atoms with Crippen molar-refractivity contribution >= 4 is 11.6 Å². The molecule has 5 heteroatoms. The Balaban J connectivity index is 1.55. The summed E-state index contributed by atoms with van der Waals surface area (Å²) in [5, 5.41) is 13.7. The molecule has 0 radical (unpaired) electrons. The highest BCUT2D eigenvalue weighted by molar-refractivity contribution is 5.88. The number of carbonyl (C=O) groups excluding carboxylic acids is 1. The fourth-order valence-corrected chi connectivity index (χ4v) is 3.35. The van der Waals surface area contributed by atoms with Gasteiger partial charge in [-0.15, -0.1) is 0 Å². The minimum absolute atomic E-state index is 0.0720. The Labute approximate surface area is 154 Å². The average Bonchev–Trinajstić information content (AvgIpc) is 2.62. The van der Waals surface area contributed by atoms with Crippen molar-refractivity contribution in [1.29, 1.82) is 0 Å². The quantitative estimate of drug-likeness (QED) is 0.837. The minimum Gasteiger partial charge on any atom is -0.491 e. The number of amides is 1. The average molecular weight is 354 g/mol. The zero-order valence-corrected chi connectivity index (χ0v) is 15.1. The molecule has 138 valence electrons. The van der Waals surface area contributed by atoms with Crippen LogP contribution in [-0.4, -0.2) is 41.2 Å². The zero-order valence-electron chi connectivity index (χ0n) is 15.1. The third kappa shape index (κ3) is 5.31. The molecule has 1 amide bonds. The molecule has 1 saturated heterocycles. The fraction of sp³-hybridized carbons (Fsp3) is 0.381. The predicted octanol–water partition coefficient (Wildman–Crippen LogP) is 3.05. The van der Waals surface area contributed by atoms with Crippen LogP contribution >= 0.6 is 0 Å². The summed E-state index contributed by atoms with van der Waals surface area (Å²) in [5.41, 5.74) is 1.13. The van der Waals surface area contributed by atoms with Gasteiger partial charge in [0.15, 0.2) is 0 Å². The Hall–Kier alpha value is -2.37. The van der Waals surface area contributed by atoms with E-state index in [4.69, 9.17) is 4.74 Å². The molecule has 1 fully saturated rings. The van der Waals surface area contributed by atoms with Gasteiger partial charge < -0.3 is 15.2 Å². The van der Waals surface area contributed by atoms with E-state index in [1.807, 2.05) is 54.6 Å². The van der Waals surface area contributed by atoms with E-state index >= 15 is 0 Å². The minimum atomic E-state index is -0.829. The third-order valence-electron chi connectivity index (χ3n) is 4.57. The number of hydrogen-bond acceptors (Lipinski definition) is 4. The monoisotopic (exact) mass is 354 g/mol. The molecule has 2 aromatic rings. The molecule has 3 rings (SSSR count). The topological polar surface area (TPSA) is 61.8 Å². The van der Waals surface area contributed by atoms with Crippen LogP contribution in [0.1, 0.15) is 25.3 Å². The second-order valence-corrected chi connectivity index (χ2v) is 7.02. The van der Waals surface area contributed by atoms with Crippen molar-refractivity contribution in [3.63, 3.8) is 0 Å². The van der Waals surface area contributed by atoms with Gasteiger partial charge >= 0.3 is 0 Å². The Morgan fingerprint density at radius 3 is 2.62 bits per heavy atom. The van der Waals surface area contributed by atoms with Gasteiger partial charge in [-0.05, 0) is 49.2 Å². The summed E-state index contributed by atoms with van der Waals surface area (Å²) >= 11 is 0. The second kappa shape index (κ2) is 8.34. The van der Waals surface area contributed by atoms with E-state index in [1.54, 1.807) is 0 Å². The van der Waals surface area contributed by atoms with Crippen LogP contribution < -0.4 is 10.1 Å². The van der Waals surface area contributed by atoms with E-state index in [9.17, 15) is 9.90 Å². The zero-order chi connectivity index (χ0) is 18.4. The van der Waals surface area contributed by atoms with Gasteiger partial charge in [-0.25, -0.2) is 0 Å². The summed E-state index contributed by atoms with van der Waals surface area (Å²) in [4.78, 5) is 13.3. The lowest BCUT2D eigenvalue weighted by molar-refractivity contribution is -0.114. The lowest BCUT2D eigenvalue weighted by atomic mass is 9.93. The number of anilines is 1. The van der Waals surface area contributed by atoms with E-state index < -0.39 is 5.60 Å². The molecule has 0 spiro atoms. The van der Waals surface area contributed by atoms with Crippen molar-refractivity contribution in [3.05, 3.63) is 60.2 Å². The van der Waals surface area contributed by atoms with Gasteiger partial charge in [-0.1, -0.05) is 30.3 Å². The van der Waals surface area contributed by atoms with Crippen LogP contribution in [0.3, 0.4) is 0 Å². The number of rotatable bonds is 6. The molecule has 1 heterocycles. The van der Waals surface area contributed by atoms with Gasteiger partial charge in [0, 0.05) is 25.7 Å². The summed E-state index contributed by atoms with van der Waals surface area (Å²) in [6, 6.07) is 17.5. The summed E-state index contributed by atoms with van der Waals surface area (Å²) in [6.45, 7) is 4.12. The fourth-order valence-electron chi connectivity index (χ4n) is 3.35. The molecule has 1 aliphatic heterocycles. The Kier molecular flexibility index (Phi) is 5.91. The van der Waals surface area contributed by atoms with Crippen molar-refractivity contribution in [2.75, 3.05) is 25.0 Å². The van der Waals surface area contributed by atoms with Crippen molar-refractivity contribution in [1.82, 2.24) is 4.90 Å². The van der Waals surface area contributed by atoms with E-state index in [1.165, 1.54) is 6.92 Å². The first kappa shape index (κ1) is 18.4. The maximum absolute atomic E-state index is 11.1. The maximum atomic E-state index is 11.1. The van der Waals surface area contributed by atoms with Crippen molar-refractivity contribution in [2.45, 2.75) is 31.9 Å². The molecule has 2 aromatic carbocycles. The molecule has 0 bridgehead atoms. The highest BCUT2D eigenvalue weighted by Crippen LogP contribution is 2.24. The van der Waals surface area contributed by atoms with Crippen LogP contribution in [0.2, 0.25) is 0 Å². The Bertz CT molecular complexity index is 718. The first-order chi connectivity index (χ1) is 12.5. The SMILES string of the molecule is CC(=O)Nc1ccc(CN2CCCC(O)(COc3ccccc3)C2)cc1. The number of piperidine rings is 1. The van der Waals surface area contributed by atoms with Crippen molar-refractivity contribution < 1.29 is 14.6 Å². The number of hydrogen-bond donors (Lipinski definition) is 2. The van der Waals surface area contributed by atoms with Gasteiger partial charge in [0.25, 0.3) is 0 Å². The van der Waals surface area contributed by atoms with E-state index in [0.717, 1.165) is 42.9 Å². The third-order valence-corrected chi connectivity index (χ3v) is 4.57. The van der Waals surface area contributed by atoms with Crippen LogP contribution in [0.15, 0.2) is 54.6 Å². The van der Waals surface area contributed by atoms with E-state index in [0.29, 0.717) is 13.2 Å². The first-order valence-corrected chi connectivity index (χ1v) is 9.02.